The van der Waals surface area contributed by atoms with Gasteiger partial charge in [-0.05, 0) is 70.2 Å². The average molecular weight is 473 g/mol. The maximum absolute atomic E-state index is 12.4. The molecule has 1 aromatic rings. The molecular formula is C12H13I2NO3. The number of halogens is 2. The molecule has 98 valence electrons. The summed E-state index contributed by atoms with van der Waals surface area (Å²) in [6.45, 7) is 0.624. The highest BCUT2D eigenvalue weighted by atomic mass is 127. The van der Waals surface area contributed by atoms with Crippen molar-refractivity contribution in [3.05, 3.63) is 24.8 Å². The van der Waals surface area contributed by atoms with Crippen LogP contribution in [0.3, 0.4) is 0 Å². The highest BCUT2D eigenvalue weighted by molar-refractivity contribution is 14.1. The van der Waals surface area contributed by atoms with Gasteiger partial charge in [-0.2, -0.15) is 0 Å². The minimum absolute atomic E-state index is 0.0203. The molecule has 1 aromatic carbocycles. The van der Waals surface area contributed by atoms with Crippen LogP contribution < -0.4 is 0 Å². The number of carbonyl (C=O) groups excluding carboxylic acids is 1. The lowest BCUT2D eigenvalue weighted by Gasteiger charge is -2.23. The molecule has 1 fully saturated rings. The maximum Gasteiger partial charge on any atom is 0.258 e. The fourth-order valence-electron chi connectivity index (χ4n) is 2.18. The van der Waals surface area contributed by atoms with Gasteiger partial charge in [-0.15, -0.1) is 0 Å². The third kappa shape index (κ3) is 2.74. The standard InChI is InChI=1S/C12H13I2NO3/c13-7-4-9(11(17)10(14)5-7)12(18)15-3-1-2-8(15)6-16/h4-5,8,16-17H,1-3,6H2. The summed E-state index contributed by atoms with van der Waals surface area (Å²) in [7, 11) is 0. The molecule has 0 spiro atoms. The molecule has 1 saturated heterocycles. The molecule has 1 heterocycles. The number of rotatable bonds is 2. The average Bonchev–Trinajstić information content (AvgIpc) is 2.81. The molecule has 1 unspecified atom stereocenters. The van der Waals surface area contributed by atoms with Crippen LogP contribution in [0.15, 0.2) is 12.1 Å². The van der Waals surface area contributed by atoms with Gasteiger partial charge >= 0.3 is 0 Å². The Kier molecular flexibility index (Phi) is 4.70. The van der Waals surface area contributed by atoms with Crippen molar-refractivity contribution in [2.24, 2.45) is 0 Å². The van der Waals surface area contributed by atoms with Crippen LogP contribution >= 0.6 is 45.2 Å². The second kappa shape index (κ2) is 5.91. The molecule has 2 rings (SSSR count). The topological polar surface area (TPSA) is 60.8 Å². The number of aromatic hydroxyl groups is 1. The number of carbonyl (C=O) groups is 1. The van der Waals surface area contributed by atoms with Crippen molar-refractivity contribution >= 4 is 51.1 Å². The van der Waals surface area contributed by atoms with Gasteiger partial charge in [-0.3, -0.25) is 4.79 Å². The summed E-state index contributed by atoms with van der Waals surface area (Å²) in [5, 5.41) is 19.2. The zero-order chi connectivity index (χ0) is 13.3. The number of benzene rings is 1. The van der Waals surface area contributed by atoms with Crippen molar-refractivity contribution in [1.29, 1.82) is 0 Å². The van der Waals surface area contributed by atoms with Gasteiger partial charge in [0.25, 0.3) is 5.91 Å². The number of amides is 1. The Morgan fingerprint density at radius 1 is 1.44 bits per heavy atom. The summed E-state index contributed by atoms with van der Waals surface area (Å²) >= 11 is 4.13. The van der Waals surface area contributed by atoms with Crippen LogP contribution in [0.25, 0.3) is 0 Å². The van der Waals surface area contributed by atoms with E-state index in [0.717, 1.165) is 16.4 Å². The number of phenolic OH excluding ortho intramolecular Hbond substituents is 1. The number of phenols is 1. The summed E-state index contributed by atoms with van der Waals surface area (Å²) in [4.78, 5) is 14.0. The number of nitrogens with zero attached hydrogens (tertiary/aromatic N) is 1. The van der Waals surface area contributed by atoms with E-state index in [4.69, 9.17) is 0 Å². The monoisotopic (exact) mass is 473 g/mol. The van der Waals surface area contributed by atoms with Gasteiger partial charge < -0.3 is 15.1 Å². The molecule has 0 bridgehead atoms. The smallest absolute Gasteiger partial charge is 0.258 e. The lowest BCUT2D eigenvalue weighted by Crippen LogP contribution is -2.37. The molecular weight excluding hydrogens is 460 g/mol. The minimum Gasteiger partial charge on any atom is -0.506 e. The summed E-state index contributed by atoms with van der Waals surface area (Å²) in [6.07, 6.45) is 1.72. The number of hydrogen-bond acceptors (Lipinski definition) is 3. The minimum atomic E-state index is -0.194. The van der Waals surface area contributed by atoms with Crippen LogP contribution in [-0.4, -0.2) is 40.2 Å². The number of aliphatic hydroxyl groups excluding tert-OH is 1. The zero-order valence-corrected chi connectivity index (χ0v) is 13.9. The molecule has 0 aliphatic carbocycles. The first-order chi connectivity index (χ1) is 8.54. The molecule has 4 nitrogen and oxygen atoms in total. The summed E-state index contributed by atoms with van der Waals surface area (Å²) < 4.78 is 1.58. The summed E-state index contributed by atoms with van der Waals surface area (Å²) in [5.41, 5.74) is 0.326. The Morgan fingerprint density at radius 3 is 2.83 bits per heavy atom. The molecule has 0 aromatic heterocycles. The quantitative estimate of drug-likeness (QED) is 0.649. The predicted octanol–water partition coefficient (Wildman–Crippen LogP) is 2.20. The lowest BCUT2D eigenvalue weighted by atomic mass is 10.1. The second-order valence-electron chi connectivity index (χ2n) is 4.26. The van der Waals surface area contributed by atoms with E-state index < -0.39 is 0 Å². The van der Waals surface area contributed by atoms with E-state index >= 15 is 0 Å². The lowest BCUT2D eigenvalue weighted by molar-refractivity contribution is 0.0674. The van der Waals surface area contributed by atoms with Crippen molar-refractivity contribution in [3.63, 3.8) is 0 Å². The van der Waals surface area contributed by atoms with Crippen molar-refractivity contribution in [2.75, 3.05) is 13.2 Å². The molecule has 0 saturated carbocycles. The van der Waals surface area contributed by atoms with Crippen molar-refractivity contribution < 1.29 is 15.0 Å². The Balaban J connectivity index is 2.34. The summed E-state index contributed by atoms with van der Waals surface area (Å²) in [6, 6.07) is 3.39. The molecule has 2 N–H and O–H groups in total. The van der Waals surface area contributed by atoms with E-state index in [0.29, 0.717) is 15.7 Å². The van der Waals surface area contributed by atoms with E-state index in [-0.39, 0.29) is 24.3 Å². The van der Waals surface area contributed by atoms with E-state index in [1.165, 1.54) is 0 Å². The Labute approximate surface area is 133 Å². The maximum atomic E-state index is 12.4. The van der Waals surface area contributed by atoms with Crippen LogP contribution in [0.1, 0.15) is 23.2 Å². The van der Waals surface area contributed by atoms with Crippen molar-refractivity contribution in [2.45, 2.75) is 18.9 Å². The second-order valence-corrected chi connectivity index (χ2v) is 6.67. The Hall–Kier alpha value is -0.0900. The van der Waals surface area contributed by atoms with Crippen LogP contribution in [0.5, 0.6) is 5.75 Å². The first-order valence-electron chi connectivity index (χ1n) is 5.64. The van der Waals surface area contributed by atoms with Crippen LogP contribution in [-0.2, 0) is 0 Å². The number of likely N-dealkylation sites (tertiary alicyclic amines) is 1. The first-order valence-corrected chi connectivity index (χ1v) is 7.80. The molecule has 6 heteroatoms. The molecule has 1 amide bonds. The fourth-order valence-corrected chi connectivity index (χ4v) is 4.02. The molecule has 0 radical (unpaired) electrons. The third-order valence-electron chi connectivity index (χ3n) is 3.11. The number of aliphatic hydroxyl groups is 1. The van der Waals surface area contributed by atoms with Gasteiger partial charge in [0.2, 0.25) is 0 Å². The fraction of sp³-hybridized carbons (Fsp3) is 0.417. The SMILES string of the molecule is O=C(c1cc(I)cc(I)c1O)N1CCCC1CO. The largest absolute Gasteiger partial charge is 0.506 e. The predicted molar refractivity (Wildman–Crippen MR) is 84.7 cm³/mol. The molecule has 1 atom stereocenters. The highest BCUT2D eigenvalue weighted by Crippen LogP contribution is 2.30. The van der Waals surface area contributed by atoms with Crippen LogP contribution in [0.4, 0.5) is 0 Å². The van der Waals surface area contributed by atoms with Crippen LogP contribution in [0.2, 0.25) is 0 Å². The molecule has 1 aliphatic rings. The van der Waals surface area contributed by atoms with Gasteiger partial charge in [0.15, 0.2) is 0 Å². The molecule has 1 aliphatic heterocycles. The Bertz CT molecular complexity index is 479. The van der Waals surface area contributed by atoms with E-state index in [2.05, 4.69) is 22.6 Å². The summed E-state index contributed by atoms with van der Waals surface area (Å²) in [5.74, 6) is -0.162. The van der Waals surface area contributed by atoms with Crippen LogP contribution in [0, 0.1) is 7.14 Å². The first kappa shape index (κ1) is 14.3. The zero-order valence-electron chi connectivity index (χ0n) is 9.57. The normalized spacial score (nSPS) is 19.3. The highest BCUT2D eigenvalue weighted by Gasteiger charge is 2.30. The van der Waals surface area contributed by atoms with Gasteiger partial charge in [0, 0.05) is 10.1 Å². The van der Waals surface area contributed by atoms with Gasteiger partial charge in [0.05, 0.1) is 21.8 Å². The van der Waals surface area contributed by atoms with E-state index in [1.807, 2.05) is 28.7 Å². The van der Waals surface area contributed by atoms with Gasteiger partial charge in [0.1, 0.15) is 5.75 Å². The Morgan fingerprint density at radius 2 is 2.17 bits per heavy atom. The van der Waals surface area contributed by atoms with Crippen molar-refractivity contribution in [1.82, 2.24) is 4.90 Å². The number of hydrogen-bond donors (Lipinski definition) is 2. The third-order valence-corrected chi connectivity index (χ3v) is 4.55. The van der Waals surface area contributed by atoms with Gasteiger partial charge in [-0.25, -0.2) is 0 Å². The molecule has 18 heavy (non-hydrogen) atoms. The van der Waals surface area contributed by atoms with E-state index in [9.17, 15) is 15.0 Å². The van der Waals surface area contributed by atoms with Gasteiger partial charge in [-0.1, -0.05) is 0 Å². The van der Waals surface area contributed by atoms with E-state index in [1.54, 1.807) is 11.0 Å². The van der Waals surface area contributed by atoms with Crippen molar-refractivity contribution in [3.8, 4) is 5.75 Å².